The normalized spacial score (nSPS) is 32.9. The smallest absolute Gasteiger partial charge is 0.411 e. The fourth-order valence-corrected chi connectivity index (χ4v) is 14.5. The standard InChI is InChI=1S/C50H60FN7O8/c1-47(2)35(41(52)59)23-27-11-15-31(16-12-27)49(47,43(61)54-45(63)64)57-37-9-5-7-29(37)25-39(57)56(34-21-19-33(51)20-22-34)40-26-30-8-6-10-38(30)58(40)50(44(62)55-46(65)66)32-17-13-28(14-18-32)24-36(42(53)60)48(50,3)4/h11-22,29-30,35-40H,5-10,23-26H2,1-4H3,(H2,52,59)(H2,53,60)(H,54,61)(H,55,62)(H,63,64)(H,65,66)/t29-,30-,35?,36?,37-,38-,39?,40?,49-,50-/m0/s1. The molecule has 8 N–H and O–H groups in total. The molecule has 2 saturated heterocycles. The van der Waals surface area contributed by atoms with E-state index in [4.69, 9.17) is 11.5 Å². The Morgan fingerprint density at radius 1 is 0.606 bits per heavy atom. The Morgan fingerprint density at radius 2 is 0.985 bits per heavy atom. The summed E-state index contributed by atoms with van der Waals surface area (Å²) in [6, 6.07) is 20.1. The van der Waals surface area contributed by atoms with Crippen molar-refractivity contribution in [3.05, 3.63) is 101 Å². The minimum atomic E-state index is -1.87. The zero-order chi connectivity index (χ0) is 47.2. The lowest BCUT2D eigenvalue weighted by molar-refractivity contribution is -0.161. The van der Waals surface area contributed by atoms with Gasteiger partial charge in [0, 0.05) is 40.4 Å². The molecule has 4 unspecified atom stereocenters. The summed E-state index contributed by atoms with van der Waals surface area (Å²) in [7, 11) is 0. The molecule has 0 spiro atoms. The average Bonchev–Trinajstić information content (AvgIpc) is 4.04. The number of hydrogen-bond donors (Lipinski definition) is 6. The Bertz CT molecular complexity index is 2320. The molecular weight excluding hydrogens is 846 g/mol. The highest BCUT2D eigenvalue weighted by atomic mass is 19.1. The lowest BCUT2D eigenvalue weighted by Gasteiger charge is -2.61. The van der Waals surface area contributed by atoms with Crippen molar-refractivity contribution in [1.29, 1.82) is 0 Å². The molecule has 3 aromatic carbocycles. The predicted molar refractivity (Wildman–Crippen MR) is 241 cm³/mol. The van der Waals surface area contributed by atoms with Crippen LogP contribution in [0.15, 0.2) is 72.8 Å². The summed E-state index contributed by atoms with van der Waals surface area (Å²) in [4.78, 5) is 90.9. The number of benzene rings is 3. The number of carbonyl (C=O) groups excluding carboxylic acids is 4. The van der Waals surface area contributed by atoms with Gasteiger partial charge in [-0.25, -0.2) is 14.0 Å². The number of anilines is 1. The molecule has 8 aliphatic rings. The van der Waals surface area contributed by atoms with Crippen LogP contribution >= 0.6 is 0 Å². The van der Waals surface area contributed by atoms with E-state index in [2.05, 4.69) is 25.3 Å². The van der Waals surface area contributed by atoms with E-state index in [0.717, 1.165) is 36.8 Å². The number of halogens is 1. The molecule has 6 amide bonds. The van der Waals surface area contributed by atoms with E-state index in [-0.39, 0.29) is 36.8 Å². The second-order valence-corrected chi connectivity index (χ2v) is 20.7. The van der Waals surface area contributed by atoms with Gasteiger partial charge in [-0.3, -0.25) is 39.6 Å². The number of primary amides is 2. The second-order valence-electron chi connectivity index (χ2n) is 20.7. The number of hydrogen-bond acceptors (Lipinski definition) is 9. The summed E-state index contributed by atoms with van der Waals surface area (Å²) in [5.41, 5.74) is 9.27. The van der Waals surface area contributed by atoms with Crippen LogP contribution in [0.1, 0.15) is 101 Å². The summed E-state index contributed by atoms with van der Waals surface area (Å²) in [5.74, 6) is -5.44. The molecule has 0 radical (unpaired) electrons. The molecule has 10 atom stereocenters. The summed E-state index contributed by atoms with van der Waals surface area (Å²) in [5, 5.41) is 25.3. The number of fused-ring (bicyclic) bond motifs is 12. The van der Waals surface area contributed by atoms with Crippen molar-refractivity contribution in [3.8, 4) is 0 Å². The molecule has 11 rings (SSSR count). The maximum absolute atomic E-state index is 15.6. The first kappa shape index (κ1) is 45.3. The molecule has 2 heterocycles. The van der Waals surface area contributed by atoms with Gasteiger partial charge in [-0.15, -0.1) is 0 Å². The molecule has 350 valence electrons. The third-order valence-corrected chi connectivity index (χ3v) is 17.2. The van der Waals surface area contributed by atoms with Crippen LogP contribution in [0.25, 0.3) is 0 Å². The highest BCUT2D eigenvalue weighted by Gasteiger charge is 2.71. The van der Waals surface area contributed by atoms with Gasteiger partial charge < -0.3 is 26.6 Å². The van der Waals surface area contributed by atoms with E-state index in [0.29, 0.717) is 42.5 Å². The fourth-order valence-electron chi connectivity index (χ4n) is 14.5. The molecule has 66 heavy (non-hydrogen) atoms. The van der Waals surface area contributed by atoms with E-state index >= 15 is 14.0 Å². The molecular formula is C50H60FN7O8. The number of likely N-dealkylation sites (tertiary alicyclic amines) is 2. The largest absolute Gasteiger partial charge is 0.465 e. The van der Waals surface area contributed by atoms with Crippen molar-refractivity contribution in [2.75, 3.05) is 4.90 Å². The summed E-state index contributed by atoms with van der Waals surface area (Å²) < 4.78 is 15.2. The van der Waals surface area contributed by atoms with Crippen molar-refractivity contribution in [2.24, 2.45) is 46.0 Å². The number of carboxylic acid groups (broad SMARTS) is 2. The van der Waals surface area contributed by atoms with Crippen LogP contribution in [0.2, 0.25) is 0 Å². The Balaban J connectivity index is 1.36. The van der Waals surface area contributed by atoms with Crippen LogP contribution in [0.4, 0.5) is 19.7 Å². The number of carbonyl (C=O) groups is 6. The van der Waals surface area contributed by atoms with Gasteiger partial charge in [-0.2, -0.15) is 0 Å². The Labute approximate surface area is 383 Å². The van der Waals surface area contributed by atoms with Crippen LogP contribution in [-0.4, -0.2) is 80.2 Å². The zero-order valence-electron chi connectivity index (χ0n) is 37.8. The predicted octanol–water partition coefficient (Wildman–Crippen LogP) is 5.78. The molecule has 4 fully saturated rings. The van der Waals surface area contributed by atoms with Crippen molar-refractivity contribution < 1.29 is 43.4 Å². The molecule has 3 aromatic rings. The number of nitrogens with zero attached hydrogens (tertiary/aromatic N) is 3. The lowest BCUT2D eigenvalue weighted by atomic mass is 9.57. The fraction of sp³-hybridized carbons (Fsp3) is 0.520. The maximum Gasteiger partial charge on any atom is 0.411 e. The van der Waals surface area contributed by atoms with Gasteiger partial charge in [0.05, 0.1) is 12.3 Å². The summed E-state index contributed by atoms with van der Waals surface area (Å²) in [6.45, 7) is 7.24. The maximum atomic E-state index is 15.6. The Hall–Kier alpha value is -5.87. The van der Waals surface area contributed by atoms with Gasteiger partial charge in [-0.1, -0.05) is 89.1 Å². The molecule has 2 aliphatic heterocycles. The quantitative estimate of drug-likeness (QED) is 0.151. The van der Waals surface area contributed by atoms with Crippen LogP contribution in [0.3, 0.4) is 0 Å². The van der Waals surface area contributed by atoms with E-state index in [9.17, 15) is 29.4 Å². The Kier molecular flexibility index (Phi) is 11.1. The second kappa shape index (κ2) is 16.2. The van der Waals surface area contributed by atoms with Crippen LogP contribution in [0, 0.1) is 40.3 Å². The molecule has 4 bridgehead atoms. The van der Waals surface area contributed by atoms with E-state index < -0.39 is 87.7 Å². The van der Waals surface area contributed by atoms with E-state index in [1.54, 1.807) is 12.1 Å². The molecule has 16 heteroatoms. The number of imide groups is 2. The van der Waals surface area contributed by atoms with Crippen molar-refractivity contribution in [1.82, 2.24) is 20.4 Å². The van der Waals surface area contributed by atoms with Crippen LogP contribution < -0.4 is 27.0 Å². The van der Waals surface area contributed by atoms with E-state index in [1.807, 2.05) is 76.2 Å². The van der Waals surface area contributed by atoms with Crippen LogP contribution in [0.5, 0.6) is 0 Å². The number of nitrogens with one attached hydrogen (secondary N) is 2. The van der Waals surface area contributed by atoms with Gasteiger partial charge in [0.2, 0.25) is 11.8 Å². The number of rotatable bonds is 9. The van der Waals surface area contributed by atoms with Crippen molar-refractivity contribution >= 4 is 41.5 Å². The first-order valence-corrected chi connectivity index (χ1v) is 23.2. The topological polar surface area (TPSA) is 229 Å². The third kappa shape index (κ3) is 6.55. The highest BCUT2D eigenvalue weighted by molar-refractivity contribution is 6.00. The van der Waals surface area contributed by atoms with Gasteiger partial charge in [-0.05, 0) is 110 Å². The minimum absolute atomic E-state index is 0.0248. The number of nitrogens with two attached hydrogens (primary N) is 2. The monoisotopic (exact) mass is 905 g/mol. The lowest BCUT2D eigenvalue weighted by Crippen LogP contribution is -2.75. The highest BCUT2D eigenvalue weighted by Crippen LogP contribution is 2.62. The Morgan fingerprint density at radius 3 is 1.33 bits per heavy atom. The first-order chi connectivity index (χ1) is 31.3. The zero-order valence-corrected chi connectivity index (χ0v) is 37.8. The first-order valence-electron chi connectivity index (χ1n) is 23.2. The minimum Gasteiger partial charge on any atom is -0.465 e. The summed E-state index contributed by atoms with van der Waals surface area (Å²) in [6.07, 6.45) is 1.08. The molecule has 2 saturated carbocycles. The SMILES string of the molecule is CC1(C)C(C(N)=O)Cc2ccc(cc2)[C@@]1(C(=O)NC(=O)O)N1C(N(c2ccc(F)cc2)C2C[C@@H]3CCC[C@@H]3N2[C@]2(C(=O)NC(=O)O)c3ccc(cc3)CC(C(N)=O)C2(C)C)C[C@@H]2CCC[C@@H]21. The van der Waals surface area contributed by atoms with Gasteiger partial charge in [0.1, 0.15) is 16.9 Å². The third-order valence-electron chi connectivity index (χ3n) is 17.2. The van der Waals surface area contributed by atoms with Crippen LogP contribution in [-0.2, 0) is 43.1 Å². The molecule has 6 aliphatic carbocycles. The summed E-state index contributed by atoms with van der Waals surface area (Å²) >= 11 is 0. The van der Waals surface area contributed by atoms with E-state index in [1.165, 1.54) is 12.1 Å². The van der Waals surface area contributed by atoms with Crippen molar-refractivity contribution in [3.63, 3.8) is 0 Å². The molecule has 0 aromatic heterocycles. The average molecular weight is 906 g/mol. The van der Waals surface area contributed by atoms with Gasteiger partial charge in [0.25, 0.3) is 11.8 Å². The van der Waals surface area contributed by atoms with Gasteiger partial charge >= 0.3 is 12.2 Å². The number of amides is 6. The van der Waals surface area contributed by atoms with Gasteiger partial charge in [0.15, 0.2) is 0 Å². The van der Waals surface area contributed by atoms with Crippen molar-refractivity contribution in [2.45, 2.75) is 127 Å². The molecule has 15 nitrogen and oxygen atoms in total.